The molecule has 0 aromatic heterocycles. The summed E-state index contributed by atoms with van der Waals surface area (Å²) in [6.07, 6.45) is 2.17. The van der Waals surface area contributed by atoms with Crippen LogP contribution in [0.1, 0.15) is 26.7 Å². The summed E-state index contributed by atoms with van der Waals surface area (Å²) in [6.45, 7) is 6.42. The summed E-state index contributed by atoms with van der Waals surface area (Å²) in [5.74, 6) is 2.50. The van der Waals surface area contributed by atoms with Crippen LogP contribution in [0.3, 0.4) is 0 Å². The zero-order valence-electron chi connectivity index (χ0n) is 11.3. The number of rotatable bonds is 4. The van der Waals surface area contributed by atoms with Crippen molar-refractivity contribution in [3.63, 3.8) is 0 Å². The maximum atomic E-state index is 11.9. The van der Waals surface area contributed by atoms with Crippen LogP contribution in [0.5, 0.6) is 0 Å². The van der Waals surface area contributed by atoms with E-state index in [1.807, 2.05) is 0 Å². The van der Waals surface area contributed by atoms with Gasteiger partial charge in [-0.25, -0.2) is 0 Å². The van der Waals surface area contributed by atoms with Gasteiger partial charge in [-0.05, 0) is 36.5 Å². The van der Waals surface area contributed by atoms with Crippen molar-refractivity contribution in [3.8, 4) is 0 Å². The molecule has 2 N–H and O–H groups in total. The van der Waals surface area contributed by atoms with Crippen LogP contribution in [0, 0.1) is 23.7 Å². The second kappa shape index (κ2) is 4.49. The number of amides is 1. The summed E-state index contributed by atoms with van der Waals surface area (Å²) < 4.78 is 0. The van der Waals surface area contributed by atoms with Crippen LogP contribution in [0.25, 0.3) is 0 Å². The first-order valence-corrected chi connectivity index (χ1v) is 7.25. The standard InChI is InChI=1S/C14H24N2O2/c1-8(2)5-15-12(17)7-16-6-10-3-9-4-11(10)13(16)14(9)18/h8-11,13-14,18H,3-7H2,1-2H3,(H,15,17). The van der Waals surface area contributed by atoms with Crippen molar-refractivity contribution in [1.29, 1.82) is 0 Å². The van der Waals surface area contributed by atoms with Gasteiger partial charge in [0.2, 0.25) is 5.91 Å². The molecule has 102 valence electrons. The molecule has 2 bridgehead atoms. The fraction of sp³-hybridized carbons (Fsp3) is 0.929. The number of aliphatic hydroxyl groups excluding tert-OH is 1. The van der Waals surface area contributed by atoms with Crippen LogP contribution in [0.15, 0.2) is 0 Å². The maximum Gasteiger partial charge on any atom is 0.234 e. The van der Waals surface area contributed by atoms with Crippen molar-refractivity contribution in [2.75, 3.05) is 19.6 Å². The first-order valence-electron chi connectivity index (χ1n) is 7.25. The van der Waals surface area contributed by atoms with Crippen LogP contribution in [0.2, 0.25) is 0 Å². The lowest BCUT2D eigenvalue weighted by Crippen LogP contribution is -2.45. The third-order valence-corrected chi connectivity index (χ3v) is 5.00. The summed E-state index contributed by atoms with van der Waals surface area (Å²) in [4.78, 5) is 14.1. The number of fused-ring (bicyclic) bond motifs is 1. The van der Waals surface area contributed by atoms with E-state index in [0.717, 1.165) is 19.0 Å². The fourth-order valence-corrected chi connectivity index (χ4v) is 4.28. The zero-order valence-corrected chi connectivity index (χ0v) is 11.3. The molecule has 1 heterocycles. The van der Waals surface area contributed by atoms with E-state index < -0.39 is 0 Å². The third-order valence-electron chi connectivity index (χ3n) is 5.00. The monoisotopic (exact) mass is 252 g/mol. The largest absolute Gasteiger partial charge is 0.391 e. The smallest absolute Gasteiger partial charge is 0.234 e. The van der Waals surface area contributed by atoms with Crippen molar-refractivity contribution in [1.82, 2.24) is 10.2 Å². The Morgan fingerprint density at radius 1 is 1.39 bits per heavy atom. The Kier molecular flexibility index (Phi) is 3.10. The number of hydrogen-bond acceptors (Lipinski definition) is 3. The molecule has 4 heteroatoms. The summed E-state index contributed by atoms with van der Waals surface area (Å²) in [5, 5.41) is 13.2. The Morgan fingerprint density at radius 2 is 2.17 bits per heavy atom. The molecule has 2 saturated carbocycles. The van der Waals surface area contributed by atoms with Crippen LogP contribution in [-0.4, -0.2) is 47.7 Å². The van der Waals surface area contributed by atoms with Crippen LogP contribution < -0.4 is 5.32 Å². The van der Waals surface area contributed by atoms with Gasteiger partial charge in [0.15, 0.2) is 0 Å². The first kappa shape index (κ1) is 12.4. The zero-order chi connectivity index (χ0) is 12.9. The van der Waals surface area contributed by atoms with Crippen LogP contribution >= 0.6 is 0 Å². The van der Waals surface area contributed by atoms with Gasteiger partial charge in [0.1, 0.15) is 0 Å². The summed E-state index contributed by atoms with van der Waals surface area (Å²) in [5.41, 5.74) is 0. The molecule has 3 aliphatic rings. The highest BCUT2D eigenvalue weighted by Crippen LogP contribution is 2.54. The molecule has 0 aromatic carbocycles. The molecule has 0 aromatic rings. The molecule has 3 fully saturated rings. The highest BCUT2D eigenvalue weighted by atomic mass is 16.3. The van der Waals surface area contributed by atoms with Crippen molar-refractivity contribution < 1.29 is 9.90 Å². The summed E-state index contributed by atoms with van der Waals surface area (Å²) in [7, 11) is 0. The molecular weight excluding hydrogens is 228 g/mol. The Labute approximate surface area is 109 Å². The lowest BCUT2D eigenvalue weighted by atomic mass is 9.88. The van der Waals surface area contributed by atoms with E-state index >= 15 is 0 Å². The minimum atomic E-state index is -0.188. The second-order valence-electron chi connectivity index (χ2n) is 6.76. The number of nitrogens with one attached hydrogen (secondary N) is 1. The second-order valence-corrected chi connectivity index (χ2v) is 6.76. The molecule has 4 nitrogen and oxygen atoms in total. The molecule has 2 aliphatic carbocycles. The molecule has 5 atom stereocenters. The molecule has 1 aliphatic heterocycles. The van der Waals surface area contributed by atoms with Crippen molar-refractivity contribution in [2.24, 2.45) is 23.7 Å². The van der Waals surface area contributed by atoms with Gasteiger partial charge >= 0.3 is 0 Å². The maximum absolute atomic E-state index is 11.9. The van der Waals surface area contributed by atoms with E-state index in [2.05, 4.69) is 24.1 Å². The number of likely N-dealkylation sites (tertiary alicyclic amines) is 1. The molecule has 0 radical (unpaired) electrons. The topological polar surface area (TPSA) is 52.6 Å². The molecule has 1 amide bonds. The van der Waals surface area contributed by atoms with Gasteiger partial charge in [-0.3, -0.25) is 9.69 Å². The Bertz CT molecular complexity index is 343. The molecule has 0 spiro atoms. The minimum Gasteiger partial charge on any atom is -0.391 e. The predicted molar refractivity (Wildman–Crippen MR) is 68.9 cm³/mol. The minimum absolute atomic E-state index is 0.112. The quantitative estimate of drug-likeness (QED) is 0.764. The van der Waals surface area contributed by atoms with E-state index in [1.54, 1.807) is 0 Å². The van der Waals surface area contributed by atoms with Gasteiger partial charge in [-0.15, -0.1) is 0 Å². The van der Waals surface area contributed by atoms with Crippen molar-refractivity contribution >= 4 is 5.91 Å². The number of carbonyl (C=O) groups is 1. The highest BCUT2D eigenvalue weighted by Gasteiger charge is 2.58. The Hall–Kier alpha value is -0.610. The number of carbonyl (C=O) groups excluding carboxylic acids is 1. The predicted octanol–water partition coefficient (Wildman–Crippen LogP) is 0.460. The lowest BCUT2D eigenvalue weighted by Gasteiger charge is -2.28. The lowest BCUT2D eigenvalue weighted by molar-refractivity contribution is -0.123. The fourth-order valence-electron chi connectivity index (χ4n) is 4.28. The van der Waals surface area contributed by atoms with Gasteiger partial charge in [-0.2, -0.15) is 0 Å². The third kappa shape index (κ3) is 1.95. The van der Waals surface area contributed by atoms with Gasteiger partial charge in [0, 0.05) is 19.1 Å². The van der Waals surface area contributed by atoms with Crippen molar-refractivity contribution in [3.05, 3.63) is 0 Å². The average molecular weight is 252 g/mol. The molecule has 18 heavy (non-hydrogen) atoms. The summed E-state index contributed by atoms with van der Waals surface area (Å²) in [6, 6.07) is 0.263. The van der Waals surface area contributed by atoms with Crippen LogP contribution in [-0.2, 0) is 4.79 Å². The van der Waals surface area contributed by atoms with Gasteiger partial charge < -0.3 is 10.4 Å². The molecule has 3 rings (SSSR count). The van der Waals surface area contributed by atoms with Gasteiger partial charge in [0.25, 0.3) is 0 Å². The van der Waals surface area contributed by atoms with Crippen molar-refractivity contribution in [2.45, 2.75) is 38.8 Å². The number of nitrogens with zero attached hydrogens (tertiary/aromatic N) is 1. The normalized spacial score (nSPS) is 41.9. The molecular formula is C14H24N2O2. The van der Waals surface area contributed by atoms with Crippen LogP contribution in [0.4, 0.5) is 0 Å². The van der Waals surface area contributed by atoms with E-state index in [0.29, 0.717) is 24.3 Å². The van der Waals surface area contributed by atoms with Gasteiger partial charge in [0.05, 0.1) is 12.6 Å². The Morgan fingerprint density at radius 3 is 2.83 bits per heavy atom. The Balaban J connectivity index is 1.57. The van der Waals surface area contributed by atoms with E-state index in [1.165, 1.54) is 12.8 Å². The van der Waals surface area contributed by atoms with E-state index in [4.69, 9.17) is 0 Å². The SMILES string of the molecule is CC(C)CNC(=O)CN1CC2CC3CC2C1C3O. The number of aliphatic hydroxyl groups is 1. The van der Waals surface area contributed by atoms with E-state index in [9.17, 15) is 9.90 Å². The number of hydrogen-bond donors (Lipinski definition) is 2. The first-order chi connectivity index (χ1) is 8.56. The highest BCUT2D eigenvalue weighted by molar-refractivity contribution is 5.78. The molecule has 1 saturated heterocycles. The average Bonchev–Trinajstić information content (AvgIpc) is 2.88. The van der Waals surface area contributed by atoms with Gasteiger partial charge in [-0.1, -0.05) is 13.8 Å². The molecule has 5 unspecified atom stereocenters. The van der Waals surface area contributed by atoms with E-state index in [-0.39, 0.29) is 18.1 Å². The summed E-state index contributed by atoms with van der Waals surface area (Å²) >= 11 is 0.